The van der Waals surface area contributed by atoms with Gasteiger partial charge in [0.1, 0.15) is 5.54 Å². The standard InChI is InChI=1S/C16H23N3O2/c1-2-7-18-16(10-17)6-3-4-11(16)5-8-19-14(20)12-9-13(12)15(19)21/h11-13,18H,2-9H2,1H3. The molecule has 0 bridgehead atoms. The number of imide groups is 1. The molecule has 4 atom stereocenters. The topological polar surface area (TPSA) is 73.2 Å². The van der Waals surface area contributed by atoms with Crippen molar-refractivity contribution < 1.29 is 9.59 Å². The Morgan fingerprint density at radius 3 is 2.71 bits per heavy atom. The minimum atomic E-state index is -0.454. The normalized spacial score (nSPS) is 37.7. The number of nitrogens with one attached hydrogen (secondary N) is 1. The lowest BCUT2D eigenvalue weighted by Gasteiger charge is -2.31. The van der Waals surface area contributed by atoms with Crippen LogP contribution in [0.25, 0.3) is 0 Å². The van der Waals surface area contributed by atoms with Crippen molar-refractivity contribution in [2.75, 3.05) is 13.1 Å². The van der Waals surface area contributed by atoms with Crippen molar-refractivity contribution in [3.05, 3.63) is 0 Å². The number of hydrogen-bond donors (Lipinski definition) is 1. The van der Waals surface area contributed by atoms with Crippen molar-refractivity contribution in [1.29, 1.82) is 5.26 Å². The molecule has 1 N–H and O–H groups in total. The van der Waals surface area contributed by atoms with Gasteiger partial charge in [-0.3, -0.25) is 19.8 Å². The molecule has 0 aromatic carbocycles. The molecule has 5 nitrogen and oxygen atoms in total. The summed E-state index contributed by atoms with van der Waals surface area (Å²) in [6.07, 6.45) is 5.44. The first-order valence-corrected chi connectivity index (χ1v) is 8.14. The zero-order valence-electron chi connectivity index (χ0n) is 12.6. The Morgan fingerprint density at radius 1 is 1.38 bits per heavy atom. The van der Waals surface area contributed by atoms with Crippen LogP contribution < -0.4 is 5.32 Å². The fourth-order valence-electron chi connectivity index (χ4n) is 3.99. The third kappa shape index (κ3) is 2.36. The summed E-state index contributed by atoms with van der Waals surface area (Å²) in [5.74, 6) is 0.255. The molecule has 4 unspecified atom stereocenters. The molecule has 0 spiro atoms. The molecule has 0 radical (unpaired) electrons. The molecule has 5 heteroatoms. The zero-order valence-corrected chi connectivity index (χ0v) is 12.6. The van der Waals surface area contributed by atoms with Crippen molar-refractivity contribution in [3.8, 4) is 6.07 Å². The molecule has 3 fully saturated rings. The SMILES string of the molecule is CCCNC1(C#N)CCCC1CCN1C(=O)C2CC2C1=O. The number of piperidine rings is 1. The summed E-state index contributed by atoms with van der Waals surface area (Å²) in [5.41, 5.74) is -0.454. The molecule has 2 amide bonds. The highest BCUT2D eigenvalue weighted by atomic mass is 16.2. The number of fused-ring (bicyclic) bond motifs is 1. The highest BCUT2D eigenvalue weighted by Gasteiger charge is 2.58. The van der Waals surface area contributed by atoms with Crippen LogP contribution in [-0.2, 0) is 9.59 Å². The first-order chi connectivity index (χ1) is 10.1. The summed E-state index contributed by atoms with van der Waals surface area (Å²) in [5, 5.41) is 13.0. The largest absolute Gasteiger partial charge is 0.299 e. The van der Waals surface area contributed by atoms with Gasteiger partial charge in [-0.1, -0.05) is 13.3 Å². The van der Waals surface area contributed by atoms with Gasteiger partial charge in [0.05, 0.1) is 17.9 Å². The first-order valence-electron chi connectivity index (χ1n) is 8.14. The number of rotatable bonds is 6. The second kappa shape index (κ2) is 5.42. The van der Waals surface area contributed by atoms with Crippen molar-refractivity contribution in [3.63, 3.8) is 0 Å². The van der Waals surface area contributed by atoms with E-state index in [-0.39, 0.29) is 29.6 Å². The molecule has 2 aliphatic carbocycles. The molecular weight excluding hydrogens is 266 g/mol. The van der Waals surface area contributed by atoms with Crippen molar-refractivity contribution in [1.82, 2.24) is 10.2 Å². The fourth-order valence-corrected chi connectivity index (χ4v) is 3.99. The van der Waals surface area contributed by atoms with E-state index in [1.54, 1.807) is 0 Å². The van der Waals surface area contributed by atoms with Gasteiger partial charge >= 0.3 is 0 Å². The number of nitriles is 1. The van der Waals surface area contributed by atoms with E-state index in [0.29, 0.717) is 6.54 Å². The van der Waals surface area contributed by atoms with E-state index in [9.17, 15) is 14.9 Å². The van der Waals surface area contributed by atoms with Gasteiger partial charge < -0.3 is 0 Å². The Bertz CT molecular complexity index is 478. The van der Waals surface area contributed by atoms with Gasteiger partial charge in [-0.25, -0.2) is 0 Å². The number of likely N-dealkylation sites (tertiary alicyclic amines) is 1. The van der Waals surface area contributed by atoms with Crippen LogP contribution in [0, 0.1) is 29.1 Å². The van der Waals surface area contributed by atoms with Crippen molar-refractivity contribution >= 4 is 11.8 Å². The van der Waals surface area contributed by atoms with Crippen LogP contribution in [0.3, 0.4) is 0 Å². The Hall–Kier alpha value is -1.41. The number of nitrogens with zero attached hydrogens (tertiary/aromatic N) is 2. The average Bonchev–Trinajstić information content (AvgIpc) is 3.14. The Kier molecular flexibility index (Phi) is 3.75. The smallest absolute Gasteiger partial charge is 0.233 e. The quantitative estimate of drug-likeness (QED) is 0.751. The maximum absolute atomic E-state index is 12.0. The van der Waals surface area contributed by atoms with E-state index in [1.165, 1.54) is 4.90 Å². The van der Waals surface area contributed by atoms with Gasteiger partial charge in [0, 0.05) is 6.54 Å². The van der Waals surface area contributed by atoms with Crippen LogP contribution in [0.5, 0.6) is 0 Å². The maximum atomic E-state index is 12.0. The van der Waals surface area contributed by atoms with Crippen LogP contribution in [0.1, 0.15) is 45.4 Å². The second-order valence-corrected chi connectivity index (χ2v) is 6.66. The van der Waals surface area contributed by atoms with Crippen LogP contribution in [0.4, 0.5) is 0 Å². The predicted molar refractivity (Wildman–Crippen MR) is 76.9 cm³/mol. The van der Waals surface area contributed by atoms with Gasteiger partial charge in [-0.15, -0.1) is 0 Å². The highest BCUT2D eigenvalue weighted by Crippen LogP contribution is 2.47. The zero-order chi connectivity index (χ0) is 15.0. The van der Waals surface area contributed by atoms with E-state index >= 15 is 0 Å². The Morgan fingerprint density at radius 2 is 2.10 bits per heavy atom. The van der Waals surface area contributed by atoms with Crippen molar-refractivity contribution in [2.24, 2.45) is 17.8 Å². The van der Waals surface area contributed by atoms with Gasteiger partial charge in [0.15, 0.2) is 0 Å². The highest BCUT2D eigenvalue weighted by molar-refractivity contribution is 6.08. The van der Waals surface area contributed by atoms with E-state index in [4.69, 9.17) is 0 Å². The van der Waals surface area contributed by atoms with E-state index in [1.807, 2.05) is 0 Å². The molecule has 114 valence electrons. The number of hydrogen-bond acceptors (Lipinski definition) is 4. The molecule has 1 saturated heterocycles. The molecule has 3 rings (SSSR count). The summed E-state index contributed by atoms with van der Waals surface area (Å²) in [6.45, 7) is 3.43. The fraction of sp³-hybridized carbons (Fsp3) is 0.812. The molecule has 1 heterocycles. The third-order valence-corrected chi connectivity index (χ3v) is 5.37. The monoisotopic (exact) mass is 289 g/mol. The van der Waals surface area contributed by atoms with Gasteiger partial charge in [0.2, 0.25) is 11.8 Å². The van der Waals surface area contributed by atoms with Gasteiger partial charge in [-0.05, 0) is 44.6 Å². The number of carbonyl (C=O) groups excluding carboxylic acids is 2. The molecule has 1 aliphatic heterocycles. The Labute approximate surface area is 125 Å². The van der Waals surface area contributed by atoms with Crippen LogP contribution >= 0.6 is 0 Å². The van der Waals surface area contributed by atoms with E-state index < -0.39 is 5.54 Å². The maximum Gasteiger partial charge on any atom is 0.233 e. The average molecular weight is 289 g/mol. The van der Waals surface area contributed by atoms with Gasteiger partial charge in [0.25, 0.3) is 0 Å². The number of amides is 2. The minimum Gasteiger partial charge on any atom is -0.299 e. The van der Waals surface area contributed by atoms with Gasteiger partial charge in [-0.2, -0.15) is 5.26 Å². The first kappa shape index (κ1) is 14.5. The van der Waals surface area contributed by atoms with Crippen LogP contribution in [0.2, 0.25) is 0 Å². The molecule has 3 aliphatic rings. The lowest BCUT2D eigenvalue weighted by Crippen LogP contribution is -2.48. The van der Waals surface area contributed by atoms with Crippen molar-refractivity contribution in [2.45, 2.75) is 51.0 Å². The second-order valence-electron chi connectivity index (χ2n) is 6.66. The van der Waals surface area contributed by atoms with Crippen LogP contribution in [-0.4, -0.2) is 35.3 Å². The predicted octanol–water partition coefficient (Wildman–Crippen LogP) is 1.44. The summed E-state index contributed by atoms with van der Waals surface area (Å²) < 4.78 is 0. The summed E-state index contributed by atoms with van der Waals surface area (Å²) >= 11 is 0. The van der Waals surface area contributed by atoms with Crippen LogP contribution in [0.15, 0.2) is 0 Å². The van der Waals surface area contributed by atoms with E-state index in [0.717, 1.165) is 45.1 Å². The summed E-state index contributed by atoms with van der Waals surface area (Å²) in [6, 6.07) is 2.48. The molecule has 0 aromatic heterocycles. The minimum absolute atomic E-state index is 0.0139. The third-order valence-electron chi connectivity index (χ3n) is 5.37. The summed E-state index contributed by atoms with van der Waals surface area (Å²) in [4.78, 5) is 25.4. The van der Waals surface area contributed by atoms with E-state index in [2.05, 4.69) is 18.3 Å². The molecule has 2 saturated carbocycles. The lowest BCUT2D eigenvalue weighted by molar-refractivity contribution is -0.141. The molecule has 21 heavy (non-hydrogen) atoms. The lowest BCUT2D eigenvalue weighted by atomic mass is 9.85. The summed E-state index contributed by atoms with van der Waals surface area (Å²) in [7, 11) is 0. The Balaban J connectivity index is 1.60. The number of carbonyl (C=O) groups is 2. The molecule has 0 aromatic rings. The molecular formula is C16H23N3O2.